The predicted octanol–water partition coefficient (Wildman–Crippen LogP) is 2.87. The summed E-state index contributed by atoms with van der Waals surface area (Å²) in [4.78, 5) is 2.63. The van der Waals surface area contributed by atoms with Crippen LogP contribution in [-0.4, -0.2) is 30.6 Å². The lowest BCUT2D eigenvalue weighted by molar-refractivity contribution is 0.172. The fraction of sp³-hybridized carbons (Fsp3) is 1.00. The van der Waals surface area contributed by atoms with Gasteiger partial charge in [0.15, 0.2) is 0 Å². The fourth-order valence-corrected chi connectivity index (χ4v) is 1.89. The lowest BCUT2D eigenvalue weighted by Crippen LogP contribution is -2.37. The summed E-state index contributed by atoms with van der Waals surface area (Å²) in [6, 6.07) is 0.719. The monoisotopic (exact) mass is 214 g/mol. The quantitative estimate of drug-likeness (QED) is 0.639. The standard InChI is InChI=1S/C13H30N2/c1-5-7-10-15(13(4)6-2)11-12(3)8-9-14/h12-13H,5-11,14H2,1-4H3. The SMILES string of the molecule is CCCCN(CC(C)CCN)C(C)CC. The van der Waals surface area contributed by atoms with Crippen LogP contribution < -0.4 is 5.73 Å². The fourth-order valence-electron chi connectivity index (χ4n) is 1.89. The van der Waals surface area contributed by atoms with Gasteiger partial charge in [-0.25, -0.2) is 0 Å². The van der Waals surface area contributed by atoms with E-state index in [4.69, 9.17) is 5.73 Å². The number of unbranched alkanes of at least 4 members (excludes halogenated alkanes) is 1. The van der Waals surface area contributed by atoms with Crippen LogP contribution >= 0.6 is 0 Å². The first-order chi connectivity index (χ1) is 7.15. The zero-order chi connectivity index (χ0) is 11.7. The highest BCUT2D eigenvalue weighted by Gasteiger charge is 2.14. The number of nitrogens with two attached hydrogens (primary N) is 1. The van der Waals surface area contributed by atoms with Gasteiger partial charge in [0.05, 0.1) is 0 Å². The molecule has 2 N–H and O–H groups in total. The Morgan fingerprint density at radius 1 is 1.20 bits per heavy atom. The van der Waals surface area contributed by atoms with E-state index < -0.39 is 0 Å². The molecular weight excluding hydrogens is 184 g/mol. The summed E-state index contributed by atoms with van der Waals surface area (Å²) in [6.45, 7) is 12.5. The molecule has 0 aliphatic carbocycles. The van der Waals surface area contributed by atoms with Gasteiger partial charge in [-0.15, -0.1) is 0 Å². The Bertz CT molecular complexity index is 136. The van der Waals surface area contributed by atoms with E-state index in [2.05, 4.69) is 32.6 Å². The van der Waals surface area contributed by atoms with Gasteiger partial charge in [-0.3, -0.25) is 0 Å². The van der Waals surface area contributed by atoms with Crippen molar-refractivity contribution in [2.24, 2.45) is 11.7 Å². The Hall–Kier alpha value is -0.0800. The van der Waals surface area contributed by atoms with Crippen LogP contribution in [0.25, 0.3) is 0 Å². The van der Waals surface area contributed by atoms with Crippen LogP contribution in [0.2, 0.25) is 0 Å². The van der Waals surface area contributed by atoms with E-state index in [0.29, 0.717) is 0 Å². The number of nitrogens with zero attached hydrogens (tertiary/aromatic N) is 1. The summed E-state index contributed by atoms with van der Waals surface area (Å²) in [5.41, 5.74) is 5.60. The minimum absolute atomic E-state index is 0.719. The molecule has 2 atom stereocenters. The van der Waals surface area contributed by atoms with Gasteiger partial charge in [-0.05, 0) is 45.2 Å². The summed E-state index contributed by atoms with van der Waals surface area (Å²) in [7, 11) is 0. The third-order valence-electron chi connectivity index (χ3n) is 3.22. The molecule has 92 valence electrons. The van der Waals surface area contributed by atoms with E-state index in [9.17, 15) is 0 Å². The summed E-state index contributed by atoms with van der Waals surface area (Å²) in [6.07, 6.45) is 5.01. The van der Waals surface area contributed by atoms with E-state index in [1.807, 2.05) is 0 Å². The first-order valence-corrected chi connectivity index (χ1v) is 6.59. The second-order valence-electron chi connectivity index (χ2n) is 4.79. The topological polar surface area (TPSA) is 29.3 Å². The van der Waals surface area contributed by atoms with E-state index >= 15 is 0 Å². The van der Waals surface area contributed by atoms with Crippen LogP contribution in [0.3, 0.4) is 0 Å². The first kappa shape index (κ1) is 14.9. The Morgan fingerprint density at radius 2 is 1.87 bits per heavy atom. The number of rotatable bonds is 9. The minimum Gasteiger partial charge on any atom is -0.330 e. The zero-order valence-corrected chi connectivity index (χ0v) is 11.1. The van der Waals surface area contributed by atoms with Gasteiger partial charge in [0.25, 0.3) is 0 Å². The molecule has 2 nitrogen and oxygen atoms in total. The van der Waals surface area contributed by atoms with Gasteiger partial charge in [0, 0.05) is 12.6 Å². The smallest absolute Gasteiger partial charge is 0.00644 e. The molecule has 0 aromatic rings. The van der Waals surface area contributed by atoms with Crippen LogP contribution in [0.1, 0.15) is 53.4 Å². The highest BCUT2D eigenvalue weighted by Crippen LogP contribution is 2.11. The number of hydrogen-bond donors (Lipinski definition) is 1. The minimum atomic E-state index is 0.719. The average Bonchev–Trinajstić information content (AvgIpc) is 2.23. The molecule has 0 bridgehead atoms. The van der Waals surface area contributed by atoms with Gasteiger partial charge in [0.1, 0.15) is 0 Å². The van der Waals surface area contributed by atoms with Crippen molar-refractivity contribution < 1.29 is 0 Å². The van der Waals surface area contributed by atoms with E-state index in [1.165, 1.54) is 32.4 Å². The molecule has 2 heteroatoms. The van der Waals surface area contributed by atoms with Crippen molar-refractivity contribution in [3.63, 3.8) is 0 Å². The second kappa shape index (κ2) is 9.17. The van der Waals surface area contributed by atoms with Crippen molar-refractivity contribution >= 4 is 0 Å². The molecule has 15 heavy (non-hydrogen) atoms. The maximum atomic E-state index is 5.60. The Morgan fingerprint density at radius 3 is 2.33 bits per heavy atom. The van der Waals surface area contributed by atoms with E-state index in [1.54, 1.807) is 0 Å². The van der Waals surface area contributed by atoms with Crippen molar-refractivity contribution in [1.29, 1.82) is 0 Å². The third-order valence-corrected chi connectivity index (χ3v) is 3.22. The third kappa shape index (κ3) is 6.91. The molecule has 0 saturated heterocycles. The zero-order valence-electron chi connectivity index (χ0n) is 11.1. The van der Waals surface area contributed by atoms with Gasteiger partial charge in [-0.2, -0.15) is 0 Å². The Labute approximate surface area is 96.2 Å². The summed E-state index contributed by atoms with van der Waals surface area (Å²) in [5.74, 6) is 0.737. The van der Waals surface area contributed by atoms with Gasteiger partial charge < -0.3 is 10.6 Å². The highest BCUT2D eigenvalue weighted by atomic mass is 15.1. The summed E-state index contributed by atoms with van der Waals surface area (Å²) < 4.78 is 0. The largest absolute Gasteiger partial charge is 0.330 e. The highest BCUT2D eigenvalue weighted by molar-refractivity contribution is 4.69. The van der Waals surface area contributed by atoms with Crippen molar-refractivity contribution in [3.8, 4) is 0 Å². The van der Waals surface area contributed by atoms with Crippen LogP contribution in [0.15, 0.2) is 0 Å². The van der Waals surface area contributed by atoms with Crippen LogP contribution in [0, 0.1) is 5.92 Å². The maximum absolute atomic E-state index is 5.60. The Kier molecular flexibility index (Phi) is 9.12. The van der Waals surface area contributed by atoms with E-state index in [0.717, 1.165) is 24.9 Å². The van der Waals surface area contributed by atoms with Gasteiger partial charge >= 0.3 is 0 Å². The maximum Gasteiger partial charge on any atom is 0.00644 e. The lowest BCUT2D eigenvalue weighted by atomic mass is 10.1. The lowest BCUT2D eigenvalue weighted by Gasteiger charge is -2.30. The van der Waals surface area contributed by atoms with Crippen molar-refractivity contribution in [2.75, 3.05) is 19.6 Å². The van der Waals surface area contributed by atoms with Crippen molar-refractivity contribution in [1.82, 2.24) is 4.90 Å². The van der Waals surface area contributed by atoms with Gasteiger partial charge in [0.2, 0.25) is 0 Å². The molecular formula is C13H30N2. The molecule has 2 unspecified atom stereocenters. The molecule has 0 aliphatic rings. The number of hydrogen-bond acceptors (Lipinski definition) is 2. The molecule has 0 radical (unpaired) electrons. The average molecular weight is 214 g/mol. The molecule has 0 spiro atoms. The molecule has 0 saturated carbocycles. The van der Waals surface area contributed by atoms with Gasteiger partial charge in [-0.1, -0.05) is 27.2 Å². The van der Waals surface area contributed by atoms with Crippen LogP contribution in [0.5, 0.6) is 0 Å². The molecule has 0 rings (SSSR count). The molecule has 0 heterocycles. The first-order valence-electron chi connectivity index (χ1n) is 6.59. The predicted molar refractivity (Wildman–Crippen MR) is 69.1 cm³/mol. The molecule has 0 aromatic carbocycles. The summed E-state index contributed by atoms with van der Waals surface area (Å²) >= 11 is 0. The molecule has 0 aromatic heterocycles. The van der Waals surface area contributed by atoms with Crippen molar-refractivity contribution in [2.45, 2.75) is 59.4 Å². The second-order valence-corrected chi connectivity index (χ2v) is 4.79. The summed E-state index contributed by atoms with van der Waals surface area (Å²) in [5, 5.41) is 0. The molecule has 0 fully saturated rings. The van der Waals surface area contributed by atoms with Crippen molar-refractivity contribution in [3.05, 3.63) is 0 Å². The normalized spacial score (nSPS) is 15.6. The van der Waals surface area contributed by atoms with Crippen LogP contribution in [-0.2, 0) is 0 Å². The Balaban J connectivity index is 3.98. The van der Waals surface area contributed by atoms with Crippen LogP contribution in [0.4, 0.5) is 0 Å². The molecule has 0 amide bonds. The van der Waals surface area contributed by atoms with E-state index in [-0.39, 0.29) is 0 Å². The molecule has 0 aliphatic heterocycles.